The van der Waals surface area contributed by atoms with Gasteiger partial charge in [-0.3, -0.25) is 4.79 Å². The number of carbonyl (C=O) groups is 1. The molecule has 0 radical (unpaired) electrons. The molecule has 156 valence electrons. The fourth-order valence-corrected chi connectivity index (χ4v) is 4.52. The monoisotopic (exact) mass is 400 g/mol. The Kier molecular flexibility index (Phi) is 6.77. The summed E-state index contributed by atoms with van der Waals surface area (Å²) < 4.78 is 0. The van der Waals surface area contributed by atoms with Crippen LogP contribution >= 0.6 is 0 Å². The number of rotatable bonds is 8. The molecule has 0 bridgehead atoms. The molecule has 1 unspecified atom stereocenters. The highest BCUT2D eigenvalue weighted by molar-refractivity contribution is 5.87. The quantitative estimate of drug-likeness (QED) is 0.439. The van der Waals surface area contributed by atoms with Gasteiger partial charge in [0.1, 0.15) is 5.41 Å². The average Bonchev–Trinajstić information content (AvgIpc) is 2.74. The molecule has 1 atom stereocenters. The number of benzene rings is 3. The van der Waals surface area contributed by atoms with Gasteiger partial charge in [-0.15, -0.1) is 0 Å². The van der Waals surface area contributed by atoms with Gasteiger partial charge in [-0.2, -0.15) is 0 Å². The van der Waals surface area contributed by atoms with E-state index in [0.717, 1.165) is 36.0 Å². The lowest BCUT2D eigenvalue weighted by Crippen LogP contribution is -2.43. The van der Waals surface area contributed by atoms with Gasteiger partial charge in [0.2, 0.25) is 0 Å². The molecule has 0 aliphatic rings. The zero-order valence-electron chi connectivity index (χ0n) is 18.2. The van der Waals surface area contributed by atoms with Crippen molar-refractivity contribution in [3.8, 4) is 0 Å². The van der Waals surface area contributed by atoms with E-state index in [-0.39, 0.29) is 11.3 Å². The Balaban J connectivity index is 2.22. The first-order valence-electron chi connectivity index (χ1n) is 10.7. The van der Waals surface area contributed by atoms with E-state index in [1.54, 1.807) is 0 Å². The standard InChI is InChI=1S/C28H32O2/c1-27(2,3)21-13-20-25(22-14-7-4-8-15-22)28(26(29)30,23-16-9-5-10-17-23)24-18-11-6-12-19-24/h4-12,14-19,25H,13,20-21H2,1-3H3,(H,29,30). The van der Waals surface area contributed by atoms with Crippen molar-refractivity contribution in [1.29, 1.82) is 0 Å². The number of hydrogen-bond acceptors (Lipinski definition) is 1. The van der Waals surface area contributed by atoms with Crippen LogP contribution in [0.2, 0.25) is 0 Å². The highest BCUT2D eigenvalue weighted by Gasteiger charge is 2.49. The molecule has 0 fully saturated rings. The van der Waals surface area contributed by atoms with Crippen molar-refractivity contribution in [2.45, 2.75) is 51.4 Å². The van der Waals surface area contributed by atoms with E-state index in [0.29, 0.717) is 0 Å². The number of carboxylic acids is 1. The van der Waals surface area contributed by atoms with E-state index in [1.165, 1.54) is 0 Å². The normalized spacial score (nSPS) is 13.0. The number of aliphatic carboxylic acids is 1. The van der Waals surface area contributed by atoms with Crippen LogP contribution in [0.25, 0.3) is 0 Å². The minimum atomic E-state index is -1.15. The largest absolute Gasteiger partial charge is 0.480 e. The third-order valence-electron chi connectivity index (χ3n) is 5.94. The van der Waals surface area contributed by atoms with Crippen LogP contribution in [-0.4, -0.2) is 11.1 Å². The van der Waals surface area contributed by atoms with Gasteiger partial charge in [0.25, 0.3) is 0 Å². The molecule has 0 saturated carbocycles. The molecular weight excluding hydrogens is 368 g/mol. The van der Waals surface area contributed by atoms with Gasteiger partial charge in [0.05, 0.1) is 0 Å². The van der Waals surface area contributed by atoms with Gasteiger partial charge in [-0.25, -0.2) is 0 Å². The molecule has 3 aromatic rings. The van der Waals surface area contributed by atoms with E-state index >= 15 is 0 Å². The Morgan fingerprint density at radius 2 is 1.20 bits per heavy atom. The predicted octanol–water partition coefficient (Wildman–Crippen LogP) is 7.06. The van der Waals surface area contributed by atoms with Crippen LogP contribution in [0.4, 0.5) is 0 Å². The third kappa shape index (κ3) is 4.64. The van der Waals surface area contributed by atoms with Gasteiger partial charge >= 0.3 is 5.97 Å². The Bertz CT molecular complexity index is 885. The Labute approximate surface area is 180 Å². The van der Waals surface area contributed by atoms with Crippen LogP contribution in [0.15, 0.2) is 91.0 Å². The van der Waals surface area contributed by atoms with E-state index in [2.05, 4.69) is 32.9 Å². The second-order valence-electron chi connectivity index (χ2n) is 9.26. The van der Waals surface area contributed by atoms with Gasteiger partial charge in [0.15, 0.2) is 0 Å². The summed E-state index contributed by atoms with van der Waals surface area (Å²) in [5.74, 6) is -0.979. The fourth-order valence-electron chi connectivity index (χ4n) is 4.52. The van der Waals surface area contributed by atoms with Gasteiger partial charge in [-0.05, 0) is 34.9 Å². The number of hydrogen-bond donors (Lipinski definition) is 1. The van der Waals surface area contributed by atoms with Gasteiger partial charge in [0, 0.05) is 5.92 Å². The highest BCUT2D eigenvalue weighted by atomic mass is 16.4. The van der Waals surface area contributed by atoms with Crippen molar-refractivity contribution in [2.24, 2.45) is 5.41 Å². The first-order valence-corrected chi connectivity index (χ1v) is 10.7. The van der Waals surface area contributed by atoms with Crippen LogP contribution in [0, 0.1) is 5.41 Å². The van der Waals surface area contributed by atoms with Crippen molar-refractivity contribution in [3.05, 3.63) is 108 Å². The lowest BCUT2D eigenvalue weighted by Gasteiger charge is -2.39. The maximum absolute atomic E-state index is 13.2. The zero-order valence-corrected chi connectivity index (χ0v) is 18.2. The van der Waals surface area contributed by atoms with Gasteiger partial charge < -0.3 is 5.11 Å². The van der Waals surface area contributed by atoms with E-state index < -0.39 is 11.4 Å². The Morgan fingerprint density at radius 1 is 0.767 bits per heavy atom. The van der Waals surface area contributed by atoms with Crippen LogP contribution in [0.3, 0.4) is 0 Å². The summed E-state index contributed by atoms with van der Waals surface area (Å²) in [5, 5.41) is 10.8. The molecule has 2 nitrogen and oxygen atoms in total. The van der Waals surface area contributed by atoms with E-state index in [4.69, 9.17) is 0 Å². The molecule has 3 rings (SSSR count). The smallest absolute Gasteiger partial charge is 0.319 e. The van der Waals surface area contributed by atoms with Crippen molar-refractivity contribution in [2.75, 3.05) is 0 Å². The summed E-state index contributed by atoms with van der Waals surface area (Å²) in [6.07, 6.45) is 2.82. The Morgan fingerprint density at radius 3 is 1.60 bits per heavy atom. The molecular formula is C28H32O2. The first-order chi connectivity index (χ1) is 14.4. The van der Waals surface area contributed by atoms with E-state index in [1.807, 2.05) is 78.9 Å². The summed E-state index contributed by atoms with van der Waals surface area (Å²) in [6.45, 7) is 6.72. The maximum Gasteiger partial charge on any atom is 0.319 e. The predicted molar refractivity (Wildman–Crippen MR) is 124 cm³/mol. The molecule has 0 aromatic heterocycles. The highest BCUT2D eigenvalue weighted by Crippen LogP contribution is 2.48. The molecule has 2 heteroatoms. The Hall–Kier alpha value is -2.87. The first kappa shape index (κ1) is 21.8. The lowest BCUT2D eigenvalue weighted by atomic mass is 9.62. The molecule has 30 heavy (non-hydrogen) atoms. The molecule has 0 aliphatic carbocycles. The summed E-state index contributed by atoms with van der Waals surface area (Å²) in [4.78, 5) is 13.2. The summed E-state index contributed by atoms with van der Waals surface area (Å²) in [5.41, 5.74) is 1.79. The van der Waals surface area contributed by atoms with Crippen LogP contribution in [0.1, 0.15) is 62.6 Å². The number of carboxylic acid groups (broad SMARTS) is 1. The molecule has 0 saturated heterocycles. The van der Waals surface area contributed by atoms with Crippen LogP contribution in [0.5, 0.6) is 0 Å². The SMILES string of the molecule is CC(C)(C)CCCC(c1ccccc1)C(C(=O)O)(c1ccccc1)c1ccccc1. The maximum atomic E-state index is 13.2. The van der Waals surface area contributed by atoms with E-state index in [9.17, 15) is 9.90 Å². The third-order valence-corrected chi connectivity index (χ3v) is 5.94. The second-order valence-corrected chi connectivity index (χ2v) is 9.26. The molecule has 3 aromatic carbocycles. The second kappa shape index (κ2) is 9.30. The van der Waals surface area contributed by atoms with Gasteiger partial charge in [-0.1, -0.05) is 118 Å². The van der Waals surface area contributed by atoms with Crippen molar-refractivity contribution in [1.82, 2.24) is 0 Å². The summed E-state index contributed by atoms with van der Waals surface area (Å²) in [6, 6.07) is 29.6. The molecule has 0 heterocycles. The summed E-state index contributed by atoms with van der Waals surface area (Å²) >= 11 is 0. The zero-order chi connectivity index (χ0) is 21.6. The minimum Gasteiger partial charge on any atom is -0.480 e. The van der Waals surface area contributed by atoms with Crippen molar-refractivity contribution in [3.63, 3.8) is 0 Å². The topological polar surface area (TPSA) is 37.3 Å². The van der Waals surface area contributed by atoms with Crippen molar-refractivity contribution >= 4 is 5.97 Å². The lowest BCUT2D eigenvalue weighted by molar-refractivity contribution is -0.143. The minimum absolute atomic E-state index is 0.177. The van der Waals surface area contributed by atoms with Crippen LogP contribution < -0.4 is 0 Å². The molecule has 0 spiro atoms. The molecule has 0 amide bonds. The van der Waals surface area contributed by atoms with Crippen molar-refractivity contribution < 1.29 is 9.90 Å². The molecule has 1 N–H and O–H groups in total. The summed E-state index contributed by atoms with van der Waals surface area (Å²) in [7, 11) is 0. The fraction of sp³-hybridized carbons (Fsp3) is 0.321. The molecule has 0 aliphatic heterocycles. The average molecular weight is 401 g/mol. The van der Waals surface area contributed by atoms with Crippen LogP contribution in [-0.2, 0) is 10.2 Å².